The summed E-state index contributed by atoms with van der Waals surface area (Å²) in [6.07, 6.45) is 0. The number of ether oxygens (including phenoxy) is 1. The molecule has 1 aliphatic rings. The average Bonchev–Trinajstić information content (AvgIpc) is 2.53. The van der Waals surface area contributed by atoms with Crippen molar-refractivity contribution in [3.8, 4) is 0 Å². The highest BCUT2D eigenvalue weighted by Crippen LogP contribution is 2.09. The third-order valence-corrected chi connectivity index (χ3v) is 4.01. The number of nitrogens with zero attached hydrogens (tertiary/aromatic N) is 1. The summed E-state index contributed by atoms with van der Waals surface area (Å²) < 4.78 is 5.31. The Morgan fingerprint density at radius 3 is 2.71 bits per heavy atom. The standard InChI is InChI=1S/C17H27N3O2.2ClH/c1-13(2)20(3)11-15-6-4-5-14(9-15)10-19-17(21)16-12-22-8-7-18-16;;/h4-6,9,13,16,18H,7-8,10-12H2,1-3H3,(H,19,21);2*1H. The molecule has 24 heavy (non-hydrogen) atoms. The fourth-order valence-corrected chi connectivity index (χ4v) is 2.35. The number of morpholine rings is 1. The van der Waals surface area contributed by atoms with E-state index in [2.05, 4.69) is 48.6 Å². The van der Waals surface area contributed by atoms with E-state index in [-0.39, 0.29) is 36.8 Å². The Balaban J connectivity index is 0.00000264. The molecule has 1 heterocycles. The number of carbonyl (C=O) groups excluding carboxylic acids is 1. The van der Waals surface area contributed by atoms with Crippen LogP contribution in [-0.2, 0) is 22.6 Å². The highest BCUT2D eigenvalue weighted by atomic mass is 35.5. The van der Waals surface area contributed by atoms with Crippen molar-refractivity contribution >= 4 is 30.7 Å². The van der Waals surface area contributed by atoms with Crippen LogP contribution in [0.15, 0.2) is 24.3 Å². The van der Waals surface area contributed by atoms with Gasteiger partial charge in [-0.05, 0) is 32.0 Å². The van der Waals surface area contributed by atoms with Crippen molar-refractivity contribution in [3.63, 3.8) is 0 Å². The van der Waals surface area contributed by atoms with Crippen molar-refractivity contribution in [1.82, 2.24) is 15.5 Å². The van der Waals surface area contributed by atoms with Crippen LogP contribution in [0.25, 0.3) is 0 Å². The van der Waals surface area contributed by atoms with Crippen LogP contribution in [0.4, 0.5) is 0 Å². The third-order valence-electron chi connectivity index (χ3n) is 4.01. The zero-order valence-electron chi connectivity index (χ0n) is 14.6. The summed E-state index contributed by atoms with van der Waals surface area (Å²) >= 11 is 0. The molecular weight excluding hydrogens is 349 g/mol. The van der Waals surface area contributed by atoms with E-state index < -0.39 is 0 Å². The lowest BCUT2D eigenvalue weighted by Gasteiger charge is -2.23. The topological polar surface area (TPSA) is 53.6 Å². The molecule has 1 aromatic rings. The molecule has 0 bridgehead atoms. The van der Waals surface area contributed by atoms with Crippen LogP contribution in [0.2, 0.25) is 0 Å². The van der Waals surface area contributed by atoms with Gasteiger partial charge in [0.05, 0.1) is 13.2 Å². The zero-order chi connectivity index (χ0) is 15.9. The molecule has 7 heteroatoms. The van der Waals surface area contributed by atoms with Crippen LogP contribution in [-0.4, -0.2) is 49.7 Å². The van der Waals surface area contributed by atoms with E-state index in [1.54, 1.807) is 0 Å². The number of benzene rings is 1. The van der Waals surface area contributed by atoms with Crippen LogP contribution in [0.5, 0.6) is 0 Å². The second kappa shape index (κ2) is 11.7. The number of hydrogen-bond donors (Lipinski definition) is 2. The molecule has 138 valence electrons. The second-order valence-electron chi connectivity index (χ2n) is 6.13. The average molecular weight is 378 g/mol. The molecular formula is C17H29Cl2N3O2. The van der Waals surface area contributed by atoms with Gasteiger partial charge in [-0.1, -0.05) is 24.3 Å². The van der Waals surface area contributed by atoms with Crippen LogP contribution < -0.4 is 10.6 Å². The molecule has 1 atom stereocenters. The van der Waals surface area contributed by atoms with Crippen LogP contribution >= 0.6 is 24.8 Å². The molecule has 0 radical (unpaired) electrons. The number of halogens is 2. The van der Waals surface area contributed by atoms with Gasteiger partial charge in [0.15, 0.2) is 0 Å². The Morgan fingerprint density at radius 2 is 2.08 bits per heavy atom. The molecule has 2 N–H and O–H groups in total. The van der Waals surface area contributed by atoms with E-state index >= 15 is 0 Å². The summed E-state index contributed by atoms with van der Waals surface area (Å²) in [7, 11) is 2.12. The Morgan fingerprint density at radius 1 is 1.38 bits per heavy atom. The molecule has 1 saturated heterocycles. The van der Waals surface area contributed by atoms with Gasteiger partial charge < -0.3 is 15.4 Å². The highest BCUT2D eigenvalue weighted by Gasteiger charge is 2.20. The number of carbonyl (C=O) groups is 1. The molecule has 1 aliphatic heterocycles. The van der Waals surface area contributed by atoms with Crippen molar-refractivity contribution < 1.29 is 9.53 Å². The van der Waals surface area contributed by atoms with Crippen LogP contribution in [0, 0.1) is 0 Å². The van der Waals surface area contributed by atoms with Crippen LogP contribution in [0.1, 0.15) is 25.0 Å². The van der Waals surface area contributed by atoms with Gasteiger partial charge in [-0.2, -0.15) is 0 Å². The molecule has 1 fully saturated rings. The maximum absolute atomic E-state index is 12.1. The van der Waals surface area contributed by atoms with Gasteiger partial charge in [0.2, 0.25) is 5.91 Å². The smallest absolute Gasteiger partial charge is 0.239 e. The number of rotatable bonds is 6. The Kier molecular flexibility index (Phi) is 11.2. The van der Waals surface area contributed by atoms with E-state index in [0.717, 1.165) is 18.7 Å². The number of hydrogen-bond acceptors (Lipinski definition) is 4. The maximum atomic E-state index is 12.1. The summed E-state index contributed by atoms with van der Waals surface area (Å²) in [6, 6.07) is 8.66. The van der Waals surface area contributed by atoms with E-state index in [0.29, 0.717) is 25.8 Å². The third kappa shape index (κ3) is 7.36. The van der Waals surface area contributed by atoms with Gasteiger partial charge >= 0.3 is 0 Å². The summed E-state index contributed by atoms with van der Waals surface area (Å²) in [5, 5.41) is 6.14. The molecule has 0 aromatic heterocycles. The van der Waals surface area contributed by atoms with E-state index in [1.165, 1.54) is 5.56 Å². The van der Waals surface area contributed by atoms with Crippen molar-refractivity contribution in [3.05, 3.63) is 35.4 Å². The first-order valence-electron chi connectivity index (χ1n) is 7.93. The van der Waals surface area contributed by atoms with Gasteiger partial charge in [-0.15, -0.1) is 24.8 Å². The van der Waals surface area contributed by atoms with Crippen molar-refractivity contribution in [2.75, 3.05) is 26.8 Å². The molecule has 2 rings (SSSR count). The minimum Gasteiger partial charge on any atom is -0.378 e. The minimum atomic E-state index is -0.232. The van der Waals surface area contributed by atoms with Crippen molar-refractivity contribution in [1.29, 1.82) is 0 Å². The minimum absolute atomic E-state index is 0. The van der Waals surface area contributed by atoms with Gasteiger partial charge in [-0.3, -0.25) is 9.69 Å². The van der Waals surface area contributed by atoms with Gasteiger partial charge in [0, 0.05) is 25.7 Å². The molecule has 0 aliphatic carbocycles. The lowest BCUT2D eigenvalue weighted by Crippen LogP contribution is -2.51. The zero-order valence-corrected chi connectivity index (χ0v) is 16.2. The Bertz CT molecular complexity index is 494. The van der Waals surface area contributed by atoms with E-state index in [9.17, 15) is 4.79 Å². The lowest BCUT2D eigenvalue weighted by molar-refractivity contribution is -0.126. The van der Waals surface area contributed by atoms with Crippen molar-refractivity contribution in [2.24, 2.45) is 0 Å². The van der Waals surface area contributed by atoms with Crippen LogP contribution in [0.3, 0.4) is 0 Å². The maximum Gasteiger partial charge on any atom is 0.239 e. The predicted octanol–water partition coefficient (Wildman–Crippen LogP) is 1.98. The van der Waals surface area contributed by atoms with Crippen molar-refractivity contribution in [2.45, 2.75) is 39.0 Å². The molecule has 1 aromatic carbocycles. The second-order valence-corrected chi connectivity index (χ2v) is 6.13. The summed E-state index contributed by atoms with van der Waals surface area (Å²) in [5.41, 5.74) is 2.39. The first kappa shape index (κ1) is 23.1. The van der Waals surface area contributed by atoms with E-state index in [1.807, 2.05) is 12.1 Å². The fourth-order valence-electron chi connectivity index (χ4n) is 2.35. The number of amides is 1. The molecule has 0 spiro atoms. The number of nitrogens with one attached hydrogen (secondary N) is 2. The molecule has 0 saturated carbocycles. The highest BCUT2D eigenvalue weighted by molar-refractivity contribution is 5.85. The molecule has 1 unspecified atom stereocenters. The normalized spacial score (nSPS) is 17.1. The largest absolute Gasteiger partial charge is 0.378 e. The SMILES string of the molecule is CC(C)N(C)Cc1cccc(CNC(=O)C2COCCN2)c1.Cl.Cl. The lowest BCUT2D eigenvalue weighted by atomic mass is 10.1. The molecule has 5 nitrogen and oxygen atoms in total. The quantitative estimate of drug-likeness (QED) is 0.795. The molecule has 1 amide bonds. The summed E-state index contributed by atoms with van der Waals surface area (Å²) in [4.78, 5) is 14.4. The fraction of sp³-hybridized carbons (Fsp3) is 0.588. The Labute approximate surface area is 157 Å². The summed E-state index contributed by atoms with van der Waals surface area (Å²) in [6.45, 7) is 7.69. The van der Waals surface area contributed by atoms with Gasteiger partial charge in [-0.25, -0.2) is 0 Å². The van der Waals surface area contributed by atoms with Gasteiger partial charge in [0.1, 0.15) is 6.04 Å². The predicted molar refractivity (Wildman–Crippen MR) is 102 cm³/mol. The Hall–Kier alpha value is -0.850. The first-order chi connectivity index (χ1) is 10.6. The first-order valence-corrected chi connectivity index (χ1v) is 7.93. The van der Waals surface area contributed by atoms with E-state index in [4.69, 9.17) is 4.74 Å². The monoisotopic (exact) mass is 377 g/mol. The van der Waals surface area contributed by atoms with Gasteiger partial charge in [0.25, 0.3) is 0 Å². The summed E-state index contributed by atoms with van der Waals surface area (Å²) in [5.74, 6) is 0.00408.